The Morgan fingerprint density at radius 1 is 1.40 bits per heavy atom. The van der Waals surface area contributed by atoms with Gasteiger partial charge in [0.05, 0.1) is 0 Å². The third-order valence-corrected chi connectivity index (χ3v) is 0. The molecule has 0 aliphatic rings. The van der Waals surface area contributed by atoms with Gasteiger partial charge in [-0.25, -0.2) is 0 Å². The van der Waals surface area contributed by atoms with Gasteiger partial charge in [0, 0.05) is 17.4 Å². The van der Waals surface area contributed by atoms with Crippen molar-refractivity contribution in [2.45, 2.75) is 0 Å². The van der Waals surface area contributed by atoms with Crippen LogP contribution in [0.15, 0.2) is 0 Å². The van der Waals surface area contributed by atoms with Crippen LogP contribution in [-0.2, 0) is 17.4 Å². The molecule has 0 saturated heterocycles. The van der Waals surface area contributed by atoms with Crippen LogP contribution in [-0.4, -0.2) is 5.96 Å². The standard InChI is InChI=1S/CH5N3.Cr/c2-1(3)4;/h(H5,2,3,4);. The molecule has 0 fully saturated rings. The molecule has 5 heavy (non-hydrogen) atoms. The summed E-state index contributed by atoms with van der Waals surface area (Å²) < 4.78 is 0. The molecule has 0 aliphatic carbocycles. The summed E-state index contributed by atoms with van der Waals surface area (Å²) in [7, 11) is 0. The number of nitrogens with one attached hydrogen (secondary N) is 1. The largest absolute Gasteiger partial charge is 0.370 e. The van der Waals surface area contributed by atoms with Crippen LogP contribution >= 0.6 is 0 Å². The molecule has 0 spiro atoms. The van der Waals surface area contributed by atoms with Gasteiger partial charge in [-0.2, -0.15) is 0 Å². The Bertz CT molecular complexity index is 29.9. The van der Waals surface area contributed by atoms with Gasteiger partial charge in [-0.05, 0) is 0 Å². The quantitative estimate of drug-likeness (QED) is 0.272. The van der Waals surface area contributed by atoms with E-state index >= 15 is 0 Å². The molecular formula is CH5CrN3. The number of hydrogen-bond donors (Lipinski definition) is 3. The van der Waals surface area contributed by atoms with Crippen LogP contribution in [0.5, 0.6) is 0 Å². The van der Waals surface area contributed by atoms with E-state index in [1.807, 2.05) is 0 Å². The first-order valence-electron chi connectivity index (χ1n) is 0.827. The van der Waals surface area contributed by atoms with Gasteiger partial charge in [0.2, 0.25) is 0 Å². The van der Waals surface area contributed by atoms with Crippen molar-refractivity contribution >= 4 is 5.96 Å². The third kappa shape index (κ3) is 317. The van der Waals surface area contributed by atoms with Crippen molar-refractivity contribution in [3.8, 4) is 0 Å². The van der Waals surface area contributed by atoms with Crippen LogP contribution in [0.2, 0.25) is 0 Å². The van der Waals surface area contributed by atoms with Crippen LogP contribution < -0.4 is 11.5 Å². The van der Waals surface area contributed by atoms with Gasteiger partial charge in [-0.3, -0.25) is 5.41 Å². The molecule has 30 valence electrons. The summed E-state index contributed by atoms with van der Waals surface area (Å²) in [6.45, 7) is 0. The Hall–Kier alpha value is -0.198. The van der Waals surface area contributed by atoms with E-state index in [1.165, 1.54) is 0 Å². The monoisotopic (exact) mass is 111 g/mol. The van der Waals surface area contributed by atoms with Crippen molar-refractivity contribution in [3.05, 3.63) is 0 Å². The van der Waals surface area contributed by atoms with Crippen molar-refractivity contribution in [1.82, 2.24) is 0 Å². The molecule has 0 saturated carbocycles. The zero-order valence-electron chi connectivity index (χ0n) is 2.56. The van der Waals surface area contributed by atoms with E-state index in [-0.39, 0.29) is 23.3 Å². The van der Waals surface area contributed by atoms with Gasteiger partial charge in [0.1, 0.15) is 0 Å². The average molecular weight is 111 g/mol. The summed E-state index contributed by atoms with van der Waals surface area (Å²) in [6.07, 6.45) is 0. The molecule has 0 aliphatic heterocycles. The maximum atomic E-state index is 6.06. The average Bonchev–Trinajstić information content (AvgIpc) is 0.811. The van der Waals surface area contributed by atoms with E-state index in [1.54, 1.807) is 0 Å². The van der Waals surface area contributed by atoms with Crippen LogP contribution in [0.4, 0.5) is 0 Å². The van der Waals surface area contributed by atoms with Gasteiger partial charge >= 0.3 is 0 Å². The summed E-state index contributed by atoms with van der Waals surface area (Å²) in [5.74, 6) is -0.333. The molecule has 0 aromatic rings. The normalized spacial score (nSPS) is 4.80. The van der Waals surface area contributed by atoms with Crippen LogP contribution in [0, 0.1) is 5.41 Å². The molecule has 0 unspecified atom stereocenters. The first-order chi connectivity index (χ1) is 1.73. The molecule has 0 heterocycles. The molecule has 0 radical (unpaired) electrons. The van der Waals surface area contributed by atoms with E-state index in [0.717, 1.165) is 0 Å². The Morgan fingerprint density at radius 3 is 1.40 bits per heavy atom. The maximum absolute atomic E-state index is 6.06. The molecule has 0 amide bonds. The summed E-state index contributed by atoms with van der Waals surface area (Å²) in [5.41, 5.74) is 8.94. The molecule has 0 atom stereocenters. The van der Waals surface area contributed by atoms with E-state index in [2.05, 4.69) is 11.5 Å². The van der Waals surface area contributed by atoms with Gasteiger partial charge in [0.15, 0.2) is 5.96 Å². The third-order valence-electron chi connectivity index (χ3n) is 0. The number of nitrogens with two attached hydrogens (primary N) is 2. The minimum atomic E-state index is -0.333. The fraction of sp³-hybridized carbons (Fsp3) is 0. The van der Waals surface area contributed by atoms with E-state index < -0.39 is 0 Å². The molecule has 0 rings (SSSR count). The maximum Gasteiger partial charge on any atom is 0.183 e. The van der Waals surface area contributed by atoms with Gasteiger partial charge < -0.3 is 11.5 Å². The molecule has 3 nitrogen and oxygen atoms in total. The van der Waals surface area contributed by atoms with Crippen LogP contribution in [0.25, 0.3) is 0 Å². The molecular weight excluding hydrogens is 106 g/mol. The Morgan fingerprint density at radius 2 is 1.40 bits per heavy atom. The van der Waals surface area contributed by atoms with Gasteiger partial charge in [0.25, 0.3) is 0 Å². The molecule has 0 bridgehead atoms. The van der Waals surface area contributed by atoms with Gasteiger partial charge in [-0.1, -0.05) is 0 Å². The fourth-order valence-corrected chi connectivity index (χ4v) is 0. The zero-order chi connectivity index (χ0) is 3.58. The molecule has 5 N–H and O–H groups in total. The summed E-state index contributed by atoms with van der Waals surface area (Å²) in [6, 6.07) is 0. The Balaban J connectivity index is 0. The number of rotatable bonds is 0. The smallest absolute Gasteiger partial charge is 0.183 e. The first kappa shape index (κ1) is 8.84. The summed E-state index contributed by atoms with van der Waals surface area (Å²) in [4.78, 5) is 0. The first-order valence-corrected chi connectivity index (χ1v) is 0.827. The second-order valence-electron chi connectivity index (χ2n) is 0.455. The Labute approximate surface area is 41.0 Å². The predicted octanol–water partition coefficient (Wildman–Crippen LogP) is -1.16. The van der Waals surface area contributed by atoms with Crippen molar-refractivity contribution in [2.24, 2.45) is 11.5 Å². The topological polar surface area (TPSA) is 75.9 Å². The number of guanidine groups is 1. The SMILES string of the molecule is N=C(N)N.[Cr]. The molecule has 0 aromatic heterocycles. The minimum absolute atomic E-state index is 0. The zero-order valence-corrected chi connectivity index (χ0v) is 3.84. The second-order valence-corrected chi connectivity index (χ2v) is 0.455. The molecule has 4 heteroatoms. The van der Waals surface area contributed by atoms with E-state index in [4.69, 9.17) is 5.41 Å². The van der Waals surface area contributed by atoms with Gasteiger partial charge in [-0.15, -0.1) is 0 Å². The summed E-state index contributed by atoms with van der Waals surface area (Å²) in [5, 5.41) is 6.06. The van der Waals surface area contributed by atoms with Crippen molar-refractivity contribution in [1.29, 1.82) is 5.41 Å². The second kappa shape index (κ2) is 3.80. The van der Waals surface area contributed by atoms with E-state index in [9.17, 15) is 0 Å². The van der Waals surface area contributed by atoms with Crippen molar-refractivity contribution < 1.29 is 17.4 Å². The summed E-state index contributed by atoms with van der Waals surface area (Å²) >= 11 is 0. The van der Waals surface area contributed by atoms with Crippen LogP contribution in [0.1, 0.15) is 0 Å². The minimum Gasteiger partial charge on any atom is -0.370 e. The Kier molecular flexibility index (Phi) is 6.72. The fourth-order valence-electron chi connectivity index (χ4n) is 0. The van der Waals surface area contributed by atoms with E-state index in [0.29, 0.717) is 0 Å². The number of hydrogen-bond acceptors (Lipinski definition) is 1. The van der Waals surface area contributed by atoms with Crippen LogP contribution in [0.3, 0.4) is 0 Å². The molecule has 0 aromatic carbocycles. The van der Waals surface area contributed by atoms with Crippen molar-refractivity contribution in [2.75, 3.05) is 0 Å². The van der Waals surface area contributed by atoms with Crippen molar-refractivity contribution in [3.63, 3.8) is 0 Å². The predicted molar refractivity (Wildman–Crippen MR) is 16.1 cm³/mol.